The van der Waals surface area contributed by atoms with Crippen molar-refractivity contribution in [2.45, 2.75) is 19.0 Å². The molecule has 1 unspecified atom stereocenters. The van der Waals surface area contributed by atoms with Gasteiger partial charge < -0.3 is 19.9 Å². The SMILES string of the molecule is COc1ccc(CN2CCc3cc(OC)c(OC)cc3C2CN)cc1. The number of nitrogens with two attached hydrogens (primary N) is 1. The van der Waals surface area contributed by atoms with Gasteiger partial charge in [-0.15, -0.1) is 0 Å². The summed E-state index contributed by atoms with van der Waals surface area (Å²) >= 11 is 0. The van der Waals surface area contributed by atoms with Gasteiger partial charge in [0.1, 0.15) is 5.75 Å². The first kappa shape index (κ1) is 17.6. The van der Waals surface area contributed by atoms with E-state index in [1.165, 1.54) is 16.7 Å². The van der Waals surface area contributed by atoms with Crippen LogP contribution < -0.4 is 19.9 Å². The Morgan fingerprint density at radius 3 is 2.28 bits per heavy atom. The van der Waals surface area contributed by atoms with Crippen LogP contribution in [0.5, 0.6) is 17.2 Å². The summed E-state index contributed by atoms with van der Waals surface area (Å²) in [5.74, 6) is 2.41. The zero-order chi connectivity index (χ0) is 17.8. The second-order valence-electron chi connectivity index (χ2n) is 6.23. The molecule has 3 rings (SSSR count). The lowest BCUT2D eigenvalue weighted by molar-refractivity contribution is 0.180. The first-order valence-corrected chi connectivity index (χ1v) is 8.52. The molecule has 2 N–H and O–H groups in total. The van der Waals surface area contributed by atoms with Crippen LogP contribution in [0.3, 0.4) is 0 Å². The van der Waals surface area contributed by atoms with E-state index in [0.29, 0.717) is 6.54 Å². The molecule has 5 heteroatoms. The van der Waals surface area contributed by atoms with Crippen molar-refractivity contribution >= 4 is 0 Å². The van der Waals surface area contributed by atoms with Gasteiger partial charge in [-0.05, 0) is 47.4 Å². The number of hydrogen-bond donors (Lipinski definition) is 1. The lowest BCUT2D eigenvalue weighted by Crippen LogP contribution is -2.38. The van der Waals surface area contributed by atoms with Crippen molar-refractivity contribution in [3.05, 3.63) is 53.1 Å². The van der Waals surface area contributed by atoms with Gasteiger partial charge in [-0.1, -0.05) is 12.1 Å². The van der Waals surface area contributed by atoms with Crippen LogP contribution in [-0.4, -0.2) is 39.3 Å². The Kier molecular flexibility index (Phi) is 5.46. The average molecular weight is 342 g/mol. The van der Waals surface area contributed by atoms with E-state index >= 15 is 0 Å². The summed E-state index contributed by atoms with van der Waals surface area (Å²) in [4.78, 5) is 2.43. The zero-order valence-corrected chi connectivity index (χ0v) is 15.1. The highest BCUT2D eigenvalue weighted by molar-refractivity contribution is 5.49. The van der Waals surface area contributed by atoms with E-state index in [1.807, 2.05) is 12.1 Å². The molecule has 0 amide bonds. The zero-order valence-electron chi connectivity index (χ0n) is 15.1. The van der Waals surface area contributed by atoms with Crippen molar-refractivity contribution in [3.63, 3.8) is 0 Å². The summed E-state index contributed by atoms with van der Waals surface area (Å²) in [6.45, 7) is 2.40. The van der Waals surface area contributed by atoms with Gasteiger partial charge in [-0.25, -0.2) is 0 Å². The van der Waals surface area contributed by atoms with Gasteiger partial charge in [-0.3, -0.25) is 4.90 Å². The van der Waals surface area contributed by atoms with Gasteiger partial charge in [0, 0.05) is 25.7 Å². The minimum Gasteiger partial charge on any atom is -0.497 e. The lowest BCUT2D eigenvalue weighted by atomic mass is 9.91. The second-order valence-corrected chi connectivity index (χ2v) is 6.23. The number of rotatable bonds is 6. The molecule has 0 fully saturated rings. The predicted molar refractivity (Wildman–Crippen MR) is 98.4 cm³/mol. The minimum atomic E-state index is 0.172. The third-order valence-corrected chi connectivity index (χ3v) is 4.88. The summed E-state index contributed by atoms with van der Waals surface area (Å²) in [5, 5.41) is 0. The van der Waals surface area contributed by atoms with Crippen molar-refractivity contribution < 1.29 is 14.2 Å². The Balaban J connectivity index is 1.86. The Bertz CT molecular complexity index is 716. The maximum Gasteiger partial charge on any atom is 0.161 e. The van der Waals surface area contributed by atoms with Gasteiger partial charge in [0.2, 0.25) is 0 Å². The predicted octanol–water partition coefficient (Wildman–Crippen LogP) is 2.77. The molecular formula is C20H26N2O3. The first-order valence-electron chi connectivity index (χ1n) is 8.52. The summed E-state index contributed by atoms with van der Waals surface area (Å²) in [6.07, 6.45) is 0.975. The van der Waals surface area contributed by atoms with Crippen LogP contribution in [0.1, 0.15) is 22.7 Å². The van der Waals surface area contributed by atoms with Gasteiger partial charge in [0.05, 0.1) is 21.3 Å². The standard InChI is InChI=1S/C20H26N2O3/c1-23-16-6-4-14(5-7-16)13-22-9-8-15-10-19(24-2)20(25-3)11-17(15)18(22)12-21/h4-7,10-11,18H,8-9,12-13,21H2,1-3H3. The molecule has 0 aromatic heterocycles. The number of methoxy groups -OCH3 is 3. The molecule has 1 aliphatic heterocycles. The molecule has 0 aliphatic carbocycles. The van der Waals surface area contributed by atoms with Crippen LogP contribution in [0.25, 0.3) is 0 Å². The molecule has 0 saturated heterocycles. The smallest absolute Gasteiger partial charge is 0.161 e. The highest BCUT2D eigenvalue weighted by Crippen LogP contribution is 2.38. The van der Waals surface area contributed by atoms with E-state index < -0.39 is 0 Å². The third kappa shape index (κ3) is 3.57. The van der Waals surface area contributed by atoms with Crippen LogP contribution in [-0.2, 0) is 13.0 Å². The molecule has 0 spiro atoms. The normalized spacial score (nSPS) is 17.0. The molecule has 2 aromatic carbocycles. The van der Waals surface area contributed by atoms with Crippen LogP contribution in [0.2, 0.25) is 0 Å². The second kappa shape index (κ2) is 7.76. The molecule has 5 nitrogen and oxygen atoms in total. The number of hydrogen-bond acceptors (Lipinski definition) is 5. The fraction of sp³-hybridized carbons (Fsp3) is 0.400. The van der Waals surface area contributed by atoms with Crippen LogP contribution >= 0.6 is 0 Å². The van der Waals surface area contributed by atoms with E-state index in [4.69, 9.17) is 19.9 Å². The van der Waals surface area contributed by atoms with Crippen molar-refractivity contribution in [1.29, 1.82) is 0 Å². The summed E-state index contributed by atoms with van der Waals surface area (Å²) in [7, 11) is 5.02. The molecule has 1 atom stereocenters. The number of benzene rings is 2. The molecule has 0 saturated carbocycles. The minimum absolute atomic E-state index is 0.172. The van der Waals surface area contributed by atoms with Crippen molar-refractivity contribution in [2.75, 3.05) is 34.4 Å². The lowest BCUT2D eigenvalue weighted by Gasteiger charge is -2.37. The summed E-state index contributed by atoms with van der Waals surface area (Å²) in [6, 6.07) is 12.5. The van der Waals surface area contributed by atoms with E-state index in [9.17, 15) is 0 Å². The highest BCUT2D eigenvalue weighted by Gasteiger charge is 2.28. The molecule has 25 heavy (non-hydrogen) atoms. The topological polar surface area (TPSA) is 57.0 Å². The quantitative estimate of drug-likeness (QED) is 0.875. The largest absolute Gasteiger partial charge is 0.497 e. The molecule has 2 aromatic rings. The van der Waals surface area contributed by atoms with Crippen molar-refractivity contribution in [2.24, 2.45) is 5.73 Å². The molecule has 134 valence electrons. The number of nitrogens with zero attached hydrogens (tertiary/aromatic N) is 1. The van der Waals surface area contributed by atoms with Crippen molar-refractivity contribution in [1.82, 2.24) is 4.90 Å². The number of fused-ring (bicyclic) bond motifs is 1. The number of ether oxygens (including phenoxy) is 3. The van der Waals surface area contributed by atoms with Gasteiger partial charge in [0.15, 0.2) is 11.5 Å². The van der Waals surface area contributed by atoms with E-state index in [0.717, 1.165) is 36.8 Å². The van der Waals surface area contributed by atoms with E-state index in [-0.39, 0.29) is 6.04 Å². The van der Waals surface area contributed by atoms with E-state index in [2.05, 4.69) is 29.2 Å². The van der Waals surface area contributed by atoms with Crippen LogP contribution in [0, 0.1) is 0 Å². The summed E-state index contributed by atoms with van der Waals surface area (Å²) in [5.41, 5.74) is 9.92. The molecule has 1 aliphatic rings. The molecule has 1 heterocycles. The van der Waals surface area contributed by atoms with Crippen LogP contribution in [0.15, 0.2) is 36.4 Å². The average Bonchev–Trinajstić information content (AvgIpc) is 2.67. The van der Waals surface area contributed by atoms with Crippen molar-refractivity contribution in [3.8, 4) is 17.2 Å². The van der Waals surface area contributed by atoms with Gasteiger partial charge in [-0.2, -0.15) is 0 Å². The monoisotopic (exact) mass is 342 g/mol. The Morgan fingerprint density at radius 2 is 1.68 bits per heavy atom. The van der Waals surface area contributed by atoms with Gasteiger partial charge in [0.25, 0.3) is 0 Å². The maximum atomic E-state index is 6.14. The highest BCUT2D eigenvalue weighted by atomic mass is 16.5. The summed E-state index contributed by atoms with van der Waals surface area (Å²) < 4.78 is 16.1. The molecule has 0 bridgehead atoms. The fourth-order valence-electron chi connectivity index (χ4n) is 3.51. The van der Waals surface area contributed by atoms with E-state index in [1.54, 1.807) is 21.3 Å². The molecular weight excluding hydrogens is 316 g/mol. The first-order chi connectivity index (χ1) is 12.2. The fourth-order valence-corrected chi connectivity index (χ4v) is 3.51. The van der Waals surface area contributed by atoms with Crippen LogP contribution in [0.4, 0.5) is 0 Å². The third-order valence-electron chi connectivity index (χ3n) is 4.88. The maximum absolute atomic E-state index is 6.14. The van der Waals surface area contributed by atoms with Gasteiger partial charge >= 0.3 is 0 Å². The Labute approximate surface area is 149 Å². The Morgan fingerprint density at radius 1 is 1.00 bits per heavy atom. The molecule has 0 radical (unpaired) electrons. The Hall–Kier alpha value is -2.24.